The van der Waals surface area contributed by atoms with Gasteiger partial charge in [0.15, 0.2) is 5.96 Å². The Hall–Kier alpha value is -1.07. The van der Waals surface area contributed by atoms with Crippen LogP contribution < -0.4 is 0 Å². The van der Waals surface area contributed by atoms with Gasteiger partial charge in [-0.05, 0) is 36.5 Å². The maximum Gasteiger partial charge on any atom is 0.195 e. The number of rotatable bonds is 4. The summed E-state index contributed by atoms with van der Waals surface area (Å²) in [6, 6.07) is 2.52. The van der Waals surface area contributed by atoms with E-state index in [9.17, 15) is 0 Å². The highest BCUT2D eigenvalue weighted by Gasteiger charge is 2.15. The van der Waals surface area contributed by atoms with E-state index in [1.54, 1.807) is 11.3 Å². The van der Waals surface area contributed by atoms with Crippen LogP contribution in [0.3, 0.4) is 0 Å². The maximum absolute atomic E-state index is 4.73. The molecule has 0 spiro atoms. The van der Waals surface area contributed by atoms with Gasteiger partial charge in [-0.25, -0.2) is 0 Å². The minimum absolute atomic E-state index is 0.339. The van der Waals surface area contributed by atoms with Crippen molar-refractivity contribution in [1.82, 2.24) is 14.7 Å². The largest absolute Gasteiger partial charge is 0.349 e. The van der Waals surface area contributed by atoms with Crippen molar-refractivity contribution in [3.63, 3.8) is 0 Å². The first-order valence-corrected chi connectivity index (χ1v) is 6.95. The predicted molar refractivity (Wildman–Crippen MR) is 80.4 cm³/mol. The summed E-state index contributed by atoms with van der Waals surface area (Å²) in [7, 11) is 12.3. The Balaban J connectivity index is 2.82. The second-order valence-corrected chi connectivity index (χ2v) is 5.75. The molecule has 0 aliphatic heterocycles. The molecule has 5 heteroatoms. The minimum atomic E-state index is 0.339. The topological polar surface area (TPSA) is 22.1 Å². The van der Waals surface area contributed by atoms with Crippen LogP contribution in [0, 0.1) is 0 Å². The average Bonchev–Trinajstić information content (AvgIpc) is 2.75. The Bertz CT molecular complexity index is 358. The normalized spacial score (nSPS) is 12.4. The van der Waals surface area contributed by atoms with E-state index in [0.29, 0.717) is 6.04 Å². The van der Waals surface area contributed by atoms with Crippen LogP contribution in [0.4, 0.5) is 0 Å². The highest BCUT2D eigenvalue weighted by Crippen LogP contribution is 2.21. The molecule has 0 aliphatic carbocycles. The van der Waals surface area contributed by atoms with Crippen molar-refractivity contribution in [3.05, 3.63) is 22.4 Å². The summed E-state index contributed by atoms with van der Waals surface area (Å²) in [5.41, 5.74) is 1.34. The van der Waals surface area contributed by atoms with E-state index in [1.165, 1.54) is 5.56 Å². The molecular weight excluding hydrogens is 244 g/mol. The van der Waals surface area contributed by atoms with E-state index >= 15 is 0 Å². The molecule has 0 saturated heterocycles. The molecule has 0 saturated carbocycles. The van der Waals surface area contributed by atoms with Crippen LogP contribution >= 0.6 is 11.3 Å². The van der Waals surface area contributed by atoms with Crippen molar-refractivity contribution in [1.29, 1.82) is 0 Å². The molecule has 0 aliphatic rings. The van der Waals surface area contributed by atoms with Crippen LogP contribution in [-0.2, 0) is 0 Å². The monoisotopic (exact) mass is 268 g/mol. The molecule has 1 heterocycles. The average molecular weight is 268 g/mol. The predicted octanol–water partition coefficient (Wildman–Crippen LogP) is 1.83. The van der Waals surface area contributed by atoms with Crippen molar-refractivity contribution < 1.29 is 0 Å². The van der Waals surface area contributed by atoms with Crippen LogP contribution in [0.15, 0.2) is 21.8 Å². The van der Waals surface area contributed by atoms with E-state index in [-0.39, 0.29) is 0 Å². The Kier molecular flexibility index (Phi) is 5.62. The second kappa shape index (κ2) is 6.75. The summed E-state index contributed by atoms with van der Waals surface area (Å²) >= 11 is 1.74. The summed E-state index contributed by atoms with van der Waals surface area (Å²) in [6.07, 6.45) is 0. The Morgan fingerprint density at radius 1 is 1.17 bits per heavy atom. The van der Waals surface area contributed by atoms with Gasteiger partial charge >= 0.3 is 0 Å². The SMILES string of the molecule is CN(C)C(=NCC(c1ccsc1)N(C)C)N(C)C. The lowest BCUT2D eigenvalue weighted by Crippen LogP contribution is -2.36. The minimum Gasteiger partial charge on any atom is -0.349 e. The van der Waals surface area contributed by atoms with Crippen LogP contribution in [0.2, 0.25) is 0 Å². The molecule has 0 N–H and O–H groups in total. The second-order valence-electron chi connectivity index (χ2n) is 4.97. The van der Waals surface area contributed by atoms with E-state index in [1.807, 2.05) is 38.0 Å². The number of aliphatic imine (C=N–C) groups is 1. The number of nitrogens with zero attached hydrogens (tertiary/aromatic N) is 4. The van der Waals surface area contributed by atoms with Gasteiger partial charge in [0.25, 0.3) is 0 Å². The van der Waals surface area contributed by atoms with Crippen LogP contribution in [0.5, 0.6) is 0 Å². The molecule has 1 aromatic rings. The van der Waals surface area contributed by atoms with Crippen molar-refractivity contribution in [2.75, 3.05) is 48.8 Å². The van der Waals surface area contributed by atoms with Crippen molar-refractivity contribution in [2.45, 2.75) is 6.04 Å². The lowest BCUT2D eigenvalue weighted by Gasteiger charge is -2.26. The standard InChI is InChI=1S/C13H24N4S/c1-15(2)12(11-7-8-18-10-11)9-14-13(16(3)4)17(5)6/h7-8,10,12H,9H2,1-6H3. The fourth-order valence-corrected chi connectivity index (χ4v) is 2.59. The van der Waals surface area contributed by atoms with Crippen LogP contribution in [0.1, 0.15) is 11.6 Å². The Morgan fingerprint density at radius 2 is 1.78 bits per heavy atom. The molecule has 0 fully saturated rings. The van der Waals surface area contributed by atoms with Gasteiger partial charge in [0.2, 0.25) is 0 Å². The van der Waals surface area contributed by atoms with Gasteiger partial charge in [-0.2, -0.15) is 11.3 Å². The number of likely N-dealkylation sites (N-methyl/N-ethyl adjacent to an activating group) is 1. The fourth-order valence-electron chi connectivity index (χ4n) is 1.88. The number of thiophene rings is 1. The summed E-state index contributed by atoms with van der Waals surface area (Å²) in [4.78, 5) is 11.0. The fraction of sp³-hybridized carbons (Fsp3) is 0.615. The lowest BCUT2D eigenvalue weighted by molar-refractivity contribution is 0.305. The van der Waals surface area contributed by atoms with Crippen LogP contribution in [-0.4, -0.2) is 69.5 Å². The van der Waals surface area contributed by atoms with E-state index in [0.717, 1.165) is 12.5 Å². The molecule has 1 rings (SSSR count). The lowest BCUT2D eigenvalue weighted by atomic mass is 10.1. The zero-order valence-electron chi connectivity index (χ0n) is 12.2. The van der Waals surface area contributed by atoms with Crippen molar-refractivity contribution in [2.24, 2.45) is 4.99 Å². The molecule has 4 nitrogen and oxygen atoms in total. The molecule has 0 radical (unpaired) electrons. The smallest absolute Gasteiger partial charge is 0.195 e. The van der Waals surface area contributed by atoms with Crippen LogP contribution in [0.25, 0.3) is 0 Å². The molecule has 1 unspecified atom stereocenters. The third-order valence-corrected chi connectivity index (χ3v) is 3.46. The molecule has 1 atom stereocenters. The first-order valence-electron chi connectivity index (χ1n) is 6.01. The van der Waals surface area contributed by atoms with E-state index in [4.69, 9.17) is 4.99 Å². The first kappa shape index (κ1) is 15.0. The van der Waals surface area contributed by atoms with E-state index in [2.05, 4.69) is 35.8 Å². The molecule has 1 aromatic heterocycles. The summed E-state index contributed by atoms with van der Waals surface area (Å²) in [6.45, 7) is 0.773. The molecular formula is C13H24N4S. The van der Waals surface area contributed by atoms with Crippen molar-refractivity contribution >= 4 is 17.3 Å². The van der Waals surface area contributed by atoms with Gasteiger partial charge in [0.1, 0.15) is 0 Å². The van der Waals surface area contributed by atoms with Gasteiger partial charge in [-0.15, -0.1) is 0 Å². The zero-order valence-corrected chi connectivity index (χ0v) is 13.0. The Labute approximate surface area is 115 Å². The quantitative estimate of drug-likeness (QED) is 0.614. The first-order chi connectivity index (χ1) is 8.43. The molecule has 18 heavy (non-hydrogen) atoms. The molecule has 0 bridgehead atoms. The third-order valence-electron chi connectivity index (χ3n) is 2.76. The van der Waals surface area contributed by atoms with Gasteiger partial charge in [-0.3, -0.25) is 4.99 Å². The van der Waals surface area contributed by atoms with Crippen molar-refractivity contribution in [3.8, 4) is 0 Å². The molecule has 0 aromatic carbocycles. The summed E-state index contributed by atoms with van der Waals surface area (Å²) < 4.78 is 0. The molecule has 102 valence electrons. The highest BCUT2D eigenvalue weighted by atomic mass is 32.1. The number of guanidine groups is 1. The van der Waals surface area contributed by atoms with Gasteiger partial charge in [0, 0.05) is 28.2 Å². The number of hydrogen-bond donors (Lipinski definition) is 0. The van der Waals surface area contributed by atoms with E-state index < -0.39 is 0 Å². The number of hydrogen-bond acceptors (Lipinski definition) is 3. The van der Waals surface area contributed by atoms with Gasteiger partial charge in [0.05, 0.1) is 12.6 Å². The third kappa shape index (κ3) is 3.99. The Morgan fingerprint density at radius 3 is 2.17 bits per heavy atom. The maximum atomic E-state index is 4.73. The van der Waals surface area contributed by atoms with Gasteiger partial charge in [-0.1, -0.05) is 0 Å². The summed E-state index contributed by atoms with van der Waals surface area (Å²) in [5.74, 6) is 0.997. The highest BCUT2D eigenvalue weighted by molar-refractivity contribution is 7.07. The molecule has 0 amide bonds. The van der Waals surface area contributed by atoms with Gasteiger partial charge < -0.3 is 14.7 Å². The summed E-state index contributed by atoms with van der Waals surface area (Å²) in [5, 5.41) is 4.32. The zero-order chi connectivity index (χ0) is 13.7.